The highest BCUT2D eigenvalue weighted by molar-refractivity contribution is 6.31. The van der Waals surface area contributed by atoms with E-state index in [-0.39, 0.29) is 0 Å². The molecular weight excluding hydrogens is 246 g/mol. The Balaban J connectivity index is 2.38. The van der Waals surface area contributed by atoms with Gasteiger partial charge in [-0.2, -0.15) is 0 Å². The first-order valence-electron chi connectivity index (χ1n) is 5.87. The Kier molecular flexibility index (Phi) is 4.24. The Hall–Kier alpha value is -1.51. The van der Waals surface area contributed by atoms with Crippen LogP contribution in [0.15, 0.2) is 42.5 Å². The van der Waals surface area contributed by atoms with E-state index >= 15 is 0 Å². The van der Waals surface area contributed by atoms with Gasteiger partial charge in [0.2, 0.25) is 0 Å². The number of halogens is 1. The topological polar surface area (TPSA) is 35.2 Å². The van der Waals surface area contributed by atoms with Crippen LogP contribution in [0.2, 0.25) is 5.02 Å². The highest BCUT2D eigenvalue weighted by Crippen LogP contribution is 2.32. The smallest absolute Gasteiger partial charge is 0.126 e. The van der Waals surface area contributed by atoms with E-state index in [2.05, 4.69) is 24.3 Å². The molecule has 2 N–H and O–H groups in total. The maximum Gasteiger partial charge on any atom is 0.126 e. The van der Waals surface area contributed by atoms with Crippen LogP contribution in [0.1, 0.15) is 5.56 Å². The molecule has 0 heterocycles. The summed E-state index contributed by atoms with van der Waals surface area (Å²) in [6, 6.07) is 13.9. The highest BCUT2D eigenvalue weighted by atomic mass is 35.5. The number of methoxy groups -OCH3 is 1. The van der Waals surface area contributed by atoms with Gasteiger partial charge in [0.25, 0.3) is 0 Å². The zero-order chi connectivity index (χ0) is 13.0. The molecule has 0 bridgehead atoms. The third kappa shape index (κ3) is 2.84. The molecule has 0 radical (unpaired) electrons. The van der Waals surface area contributed by atoms with Crippen molar-refractivity contribution in [2.24, 2.45) is 5.73 Å². The Morgan fingerprint density at radius 2 is 1.83 bits per heavy atom. The first-order valence-corrected chi connectivity index (χ1v) is 6.25. The van der Waals surface area contributed by atoms with E-state index in [9.17, 15) is 0 Å². The summed E-state index contributed by atoms with van der Waals surface area (Å²) >= 11 is 6.03. The fourth-order valence-electron chi connectivity index (χ4n) is 1.92. The summed E-state index contributed by atoms with van der Waals surface area (Å²) in [4.78, 5) is 0. The van der Waals surface area contributed by atoms with Crippen LogP contribution in [-0.4, -0.2) is 13.7 Å². The van der Waals surface area contributed by atoms with Crippen LogP contribution in [0.3, 0.4) is 0 Å². The van der Waals surface area contributed by atoms with Crippen LogP contribution in [0.4, 0.5) is 0 Å². The van der Waals surface area contributed by atoms with Gasteiger partial charge in [0.1, 0.15) is 5.75 Å². The molecule has 0 aliphatic heterocycles. The SMILES string of the molecule is COc1ccc(Cl)cc1-c1ccc(CCN)cc1. The molecule has 0 unspecified atom stereocenters. The summed E-state index contributed by atoms with van der Waals surface area (Å²) in [6.07, 6.45) is 0.896. The van der Waals surface area contributed by atoms with Gasteiger partial charge in [-0.15, -0.1) is 0 Å². The van der Waals surface area contributed by atoms with Gasteiger partial charge in [-0.05, 0) is 42.3 Å². The lowest BCUT2D eigenvalue weighted by Crippen LogP contribution is -2.02. The molecule has 0 amide bonds. The summed E-state index contributed by atoms with van der Waals surface area (Å²) < 4.78 is 5.35. The van der Waals surface area contributed by atoms with Crippen molar-refractivity contribution in [2.75, 3.05) is 13.7 Å². The van der Waals surface area contributed by atoms with E-state index < -0.39 is 0 Å². The third-order valence-corrected chi connectivity index (χ3v) is 3.09. The minimum absolute atomic E-state index is 0.667. The van der Waals surface area contributed by atoms with Gasteiger partial charge in [-0.25, -0.2) is 0 Å². The molecule has 94 valence electrons. The van der Waals surface area contributed by atoms with Crippen molar-refractivity contribution in [1.29, 1.82) is 0 Å². The third-order valence-electron chi connectivity index (χ3n) is 2.86. The average Bonchev–Trinajstić information content (AvgIpc) is 2.40. The van der Waals surface area contributed by atoms with Gasteiger partial charge < -0.3 is 10.5 Å². The van der Waals surface area contributed by atoms with Crippen LogP contribution in [0, 0.1) is 0 Å². The monoisotopic (exact) mass is 261 g/mol. The molecule has 0 fully saturated rings. The van der Waals surface area contributed by atoms with Crippen molar-refractivity contribution in [1.82, 2.24) is 0 Å². The molecular formula is C15H16ClNO. The van der Waals surface area contributed by atoms with Gasteiger partial charge >= 0.3 is 0 Å². The van der Waals surface area contributed by atoms with Crippen molar-refractivity contribution in [3.05, 3.63) is 53.1 Å². The average molecular weight is 262 g/mol. The van der Waals surface area contributed by atoms with Crippen molar-refractivity contribution in [2.45, 2.75) is 6.42 Å². The van der Waals surface area contributed by atoms with E-state index in [0.717, 1.165) is 23.3 Å². The lowest BCUT2D eigenvalue weighted by molar-refractivity contribution is 0.416. The Morgan fingerprint density at radius 3 is 2.44 bits per heavy atom. The number of hydrogen-bond donors (Lipinski definition) is 1. The van der Waals surface area contributed by atoms with Gasteiger partial charge in [0.15, 0.2) is 0 Å². The summed E-state index contributed by atoms with van der Waals surface area (Å²) in [6.45, 7) is 0.667. The molecule has 2 aromatic carbocycles. The maximum atomic E-state index is 6.03. The maximum absolute atomic E-state index is 6.03. The summed E-state index contributed by atoms with van der Waals surface area (Å²) in [5, 5.41) is 0.705. The second-order valence-electron chi connectivity index (χ2n) is 4.08. The lowest BCUT2D eigenvalue weighted by Gasteiger charge is -2.09. The van der Waals surface area contributed by atoms with Gasteiger partial charge in [0, 0.05) is 10.6 Å². The van der Waals surface area contributed by atoms with Crippen molar-refractivity contribution >= 4 is 11.6 Å². The molecule has 0 spiro atoms. The van der Waals surface area contributed by atoms with Gasteiger partial charge in [0.05, 0.1) is 7.11 Å². The molecule has 0 saturated heterocycles. The molecule has 2 nitrogen and oxygen atoms in total. The Bertz CT molecular complexity index is 523. The number of ether oxygens (including phenoxy) is 1. The Labute approximate surface area is 112 Å². The zero-order valence-corrected chi connectivity index (χ0v) is 11.1. The fraction of sp³-hybridized carbons (Fsp3) is 0.200. The quantitative estimate of drug-likeness (QED) is 0.914. The fourth-order valence-corrected chi connectivity index (χ4v) is 2.10. The van der Waals surface area contributed by atoms with E-state index in [1.807, 2.05) is 18.2 Å². The van der Waals surface area contributed by atoms with E-state index in [1.54, 1.807) is 7.11 Å². The standard InChI is InChI=1S/C15H16ClNO/c1-18-15-7-6-13(16)10-14(15)12-4-2-11(3-5-12)8-9-17/h2-7,10H,8-9,17H2,1H3. The molecule has 3 heteroatoms. The lowest BCUT2D eigenvalue weighted by atomic mass is 10.0. The largest absolute Gasteiger partial charge is 0.496 e. The molecule has 2 aromatic rings. The van der Waals surface area contributed by atoms with Gasteiger partial charge in [-0.1, -0.05) is 35.9 Å². The van der Waals surface area contributed by atoms with Crippen LogP contribution in [-0.2, 0) is 6.42 Å². The van der Waals surface area contributed by atoms with E-state index in [4.69, 9.17) is 22.1 Å². The zero-order valence-electron chi connectivity index (χ0n) is 10.3. The minimum atomic E-state index is 0.667. The molecule has 2 rings (SSSR count). The normalized spacial score (nSPS) is 10.4. The first-order chi connectivity index (χ1) is 8.74. The molecule has 0 aromatic heterocycles. The number of benzene rings is 2. The van der Waals surface area contributed by atoms with Crippen LogP contribution in [0.25, 0.3) is 11.1 Å². The molecule has 0 atom stereocenters. The summed E-state index contributed by atoms with van der Waals surface area (Å²) in [5.74, 6) is 0.825. The number of hydrogen-bond acceptors (Lipinski definition) is 2. The first kappa shape index (κ1) is 12.9. The highest BCUT2D eigenvalue weighted by Gasteiger charge is 2.06. The molecule has 0 aliphatic rings. The molecule has 18 heavy (non-hydrogen) atoms. The molecule has 0 saturated carbocycles. The van der Waals surface area contributed by atoms with Crippen LogP contribution >= 0.6 is 11.6 Å². The van der Waals surface area contributed by atoms with Crippen molar-refractivity contribution in [3.8, 4) is 16.9 Å². The van der Waals surface area contributed by atoms with Crippen LogP contribution in [0.5, 0.6) is 5.75 Å². The predicted molar refractivity (Wildman–Crippen MR) is 76.2 cm³/mol. The van der Waals surface area contributed by atoms with Crippen LogP contribution < -0.4 is 10.5 Å². The van der Waals surface area contributed by atoms with Gasteiger partial charge in [-0.3, -0.25) is 0 Å². The number of nitrogens with two attached hydrogens (primary N) is 1. The predicted octanol–water partition coefficient (Wildman–Crippen LogP) is 3.52. The van der Waals surface area contributed by atoms with Crippen molar-refractivity contribution < 1.29 is 4.74 Å². The second kappa shape index (κ2) is 5.89. The van der Waals surface area contributed by atoms with E-state index in [0.29, 0.717) is 11.6 Å². The summed E-state index contributed by atoms with van der Waals surface area (Å²) in [5.41, 5.74) is 8.87. The minimum Gasteiger partial charge on any atom is -0.496 e. The Morgan fingerprint density at radius 1 is 1.11 bits per heavy atom. The van der Waals surface area contributed by atoms with Crippen molar-refractivity contribution in [3.63, 3.8) is 0 Å². The molecule has 0 aliphatic carbocycles. The summed E-state index contributed by atoms with van der Waals surface area (Å²) in [7, 11) is 1.66. The number of rotatable bonds is 4. The second-order valence-corrected chi connectivity index (χ2v) is 4.52. The van der Waals surface area contributed by atoms with E-state index in [1.165, 1.54) is 5.56 Å².